The van der Waals surface area contributed by atoms with Crippen molar-refractivity contribution < 1.29 is 27.8 Å². The minimum Gasteiger partial charge on any atom is -0.495 e. The molecule has 1 aromatic rings. The van der Waals surface area contributed by atoms with Crippen LogP contribution >= 0.6 is 0 Å². The molecular formula is C16H21NO6S. The molecule has 24 heavy (non-hydrogen) atoms. The van der Waals surface area contributed by atoms with Crippen molar-refractivity contribution in [3.63, 3.8) is 0 Å². The van der Waals surface area contributed by atoms with Crippen LogP contribution in [0.3, 0.4) is 0 Å². The maximum Gasteiger partial charge on any atom is 0.325 e. The summed E-state index contributed by atoms with van der Waals surface area (Å²) in [6.45, 7) is 2.29. The minimum absolute atomic E-state index is 0.0140. The van der Waals surface area contributed by atoms with Gasteiger partial charge >= 0.3 is 5.97 Å². The van der Waals surface area contributed by atoms with Gasteiger partial charge in [-0.15, -0.1) is 0 Å². The summed E-state index contributed by atoms with van der Waals surface area (Å²) in [7, 11) is -1.08. The Kier molecular flexibility index (Phi) is 4.09. The normalized spacial score (nSPS) is 29.3. The van der Waals surface area contributed by atoms with E-state index in [0.29, 0.717) is 12.0 Å². The molecule has 1 N–H and O–H groups in total. The molecule has 1 aliphatic carbocycles. The molecule has 3 aliphatic rings. The number of hydrogen-bond donors (Lipinski definition) is 1. The molecule has 0 aromatic heterocycles. The standard InChI is InChI=1S/C16H21NO6S/c1-10-12-7-16(10,15(18)19)17(8-12)24(20,21)14-6-11(9-22-2)4-5-13(14)23-3/h4-6,10,12H,7-9H2,1-3H3,(H,18,19)/t10-,12+,16+/m1/s1. The first-order valence-corrected chi connectivity index (χ1v) is 9.15. The fraction of sp³-hybridized carbons (Fsp3) is 0.562. The summed E-state index contributed by atoms with van der Waals surface area (Å²) >= 11 is 0. The summed E-state index contributed by atoms with van der Waals surface area (Å²) in [4.78, 5) is 11.8. The molecule has 2 bridgehead atoms. The van der Waals surface area contributed by atoms with Crippen molar-refractivity contribution in [1.29, 1.82) is 0 Å². The lowest BCUT2D eigenvalue weighted by atomic mass is 9.64. The van der Waals surface area contributed by atoms with Gasteiger partial charge in [0, 0.05) is 13.7 Å². The van der Waals surface area contributed by atoms with Crippen LogP contribution in [0.2, 0.25) is 0 Å². The SMILES string of the molecule is COCc1ccc(OC)c(S(=O)(=O)N2C[C@@H]3C[C@@]2(C(=O)O)[C@@H]3C)c1. The zero-order valence-electron chi connectivity index (χ0n) is 13.9. The van der Waals surface area contributed by atoms with Crippen LogP contribution in [0, 0.1) is 11.8 Å². The lowest BCUT2D eigenvalue weighted by Gasteiger charge is -2.43. The summed E-state index contributed by atoms with van der Waals surface area (Å²) < 4.78 is 37.8. The number of carboxylic acid groups (broad SMARTS) is 1. The Hall–Kier alpha value is -1.64. The van der Waals surface area contributed by atoms with E-state index in [1.54, 1.807) is 19.1 Å². The van der Waals surface area contributed by atoms with Gasteiger partial charge in [-0.05, 0) is 36.0 Å². The zero-order valence-corrected chi connectivity index (χ0v) is 14.7. The number of benzene rings is 1. The predicted octanol–water partition coefficient (Wildman–Crippen LogP) is 1.33. The summed E-state index contributed by atoms with van der Waals surface area (Å²) in [5.41, 5.74) is -0.660. The third kappa shape index (κ3) is 2.17. The van der Waals surface area contributed by atoms with E-state index in [1.165, 1.54) is 20.3 Å². The number of carboxylic acids is 1. The highest BCUT2D eigenvalue weighted by Gasteiger charge is 2.70. The van der Waals surface area contributed by atoms with Gasteiger partial charge in [-0.25, -0.2) is 8.42 Å². The quantitative estimate of drug-likeness (QED) is 0.827. The molecule has 0 unspecified atom stereocenters. The molecule has 1 aromatic carbocycles. The second kappa shape index (κ2) is 5.72. The van der Waals surface area contributed by atoms with Gasteiger partial charge in [0.25, 0.3) is 0 Å². The van der Waals surface area contributed by atoms with Crippen molar-refractivity contribution in [3.8, 4) is 5.75 Å². The molecule has 132 valence electrons. The van der Waals surface area contributed by atoms with Crippen molar-refractivity contribution in [2.45, 2.75) is 30.4 Å². The topological polar surface area (TPSA) is 93.1 Å². The molecule has 4 rings (SSSR count). The number of fused-ring (bicyclic) bond motifs is 1. The fourth-order valence-corrected chi connectivity index (χ4v) is 6.00. The smallest absolute Gasteiger partial charge is 0.325 e. The molecule has 7 nitrogen and oxygen atoms in total. The number of methoxy groups -OCH3 is 2. The van der Waals surface area contributed by atoms with Gasteiger partial charge in [-0.3, -0.25) is 4.79 Å². The molecule has 0 amide bonds. The van der Waals surface area contributed by atoms with E-state index in [0.717, 1.165) is 4.31 Å². The Balaban J connectivity index is 2.09. The molecular weight excluding hydrogens is 334 g/mol. The van der Waals surface area contributed by atoms with Crippen LogP contribution in [0.1, 0.15) is 18.9 Å². The van der Waals surface area contributed by atoms with Crippen LogP contribution in [0.25, 0.3) is 0 Å². The van der Waals surface area contributed by atoms with Crippen molar-refractivity contribution in [3.05, 3.63) is 23.8 Å². The van der Waals surface area contributed by atoms with Crippen LogP contribution < -0.4 is 4.74 Å². The van der Waals surface area contributed by atoms with Gasteiger partial charge in [-0.1, -0.05) is 13.0 Å². The first-order chi connectivity index (χ1) is 11.3. The van der Waals surface area contributed by atoms with Crippen LogP contribution in [0.5, 0.6) is 5.75 Å². The molecule has 1 saturated carbocycles. The average molecular weight is 355 g/mol. The first kappa shape index (κ1) is 17.2. The van der Waals surface area contributed by atoms with Gasteiger partial charge in [-0.2, -0.15) is 4.31 Å². The minimum atomic E-state index is -3.99. The summed E-state index contributed by atoms with van der Waals surface area (Å²) in [5, 5.41) is 9.67. The van der Waals surface area contributed by atoms with Crippen molar-refractivity contribution in [1.82, 2.24) is 4.31 Å². The molecule has 0 radical (unpaired) electrons. The lowest BCUT2D eigenvalue weighted by molar-refractivity contribution is -0.154. The van der Waals surface area contributed by atoms with Gasteiger partial charge < -0.3 is 14.6 Å². The van der Waals surface area contributed by atoms with E-state index in [4.69, 9.17) is 9.47 Å². The lowest BCUT2D eigenvalue weighted by Crippen LogP contribution is -2.59. The Bertz CT molecular complexity index is 777. The molecule has 3 atom stereocenters. The van der Waals surface area contributed by atoms with Gasteiger partial charge in [0.15, 0.2) is 0 Å². The average Bonchev–Trinajstić information content (AvgIpc) is 3.10. The highest BCUT2D eigenvalue weighted by molar-refractivity contribution is 7.89. The van der Waals surface area contributed by atoms with Gasteiger partial charge in [0.05, 0.1) is 13.7 Å². The van der Waals surface area contributed by atoms with Crippen LogP contribution in [0.4, 0.5) is 0 Å². The third-order valence-corrected chi connectivity index (χ3v) is 7.29. The molecule has 3 fully saturated rings. The van der Waals surface area contributed by atoms with E-state index in [2.05, 4.69) is 0 Å². The Morgan fingerprint density at radius 2 is 2.12 bits per heavy atom. The monoisotopic (exact) mass is 355 g/mol. The fourth-order valence-electron chi connectivity index (χ4n) is 3.92. The van der Waals surface area contributed by atoms with Crippen molar-refractivity contribution >= 4 is 16.0 Å². The zero-order chi connectivity index (χ0) is 17.7. The number of carbonyl (C=O) groups is 1. The number of ether oxygens (including phenoxy) is 2. The van der Waals surface area contributed by atoms with E-state index >= 15 is 0 Å². The summed E-state index contributed by atoms with van der Waals surface area (Å²) in [6.07, 6.45) is 0.364. The Labute approximate surface area is 141 Å². The Morgan fingerprint density at radius 3 is 2.67 bits per heavy atom. The predicted molar refractivity (Wildman–Crippen MR) is 85.2 cm³/mol. The van der Waals surface area contributed by atoms with E-state index < -0.39 is 21.5 Å². The molecule has 2 saturated heterocycles. The second-order valence-electron chi connectivity index (χ2n) is 6.44. The van der Waals surface area contributed by atoms with Crippen molar-refractivity contribution in [2.75, 3.05) is 20.8 Å². The highest BCUT2D eigenvalue weighted by atomic mass is 32.2. The second-order valence-corrected chi connectivity index (χ2v) is 8.27. The Morgan fingerprint density at radius 1 is 1.42 bits per heavy atom. The molecule has 2 heterocycles. The van der Waals surface area contributed by atoms with Crippen LogP contribution in [-0.4, -0.2) is 50.1 Å². The van der Waals surface area contributed by atoms with Crippen molar-refractivity contribution in [2.24, 2.45) is 11.8 Å². The van der Waals surface area contributed by atoms with Gasteiger partial charge in [0.1, 0.15) is 16.2 Å². The first-order valence-electron chi connectivity index (χ1n) is 7.71. The summed E-state index contributed by atoms with van der Waals surface area (Å²) in [5.74, 6) is -0.992. The number of hydrogen-bond acceptors (Lipinski definition) is 5. The van der Waals surface area contributed by atoms with Crippen LogP contribution in [0.15, 0.2) is 23.1 Å². The number of aliphatic carboxylic acids is 1. The molecule has 2 aliphatic heterocycles. The summed E-state index contributed by atoms with van der Waals surface area (Å²) in [6, 6.07) is 4.78. The largest absolute Gasteiger partial charge is 0.495 e. The molecule has 8 heteroatoms. The number of rotatable bonds is 6. The third-order valence-electron chi connectivity index (χ3n) is 5.36. The molecule has 0 spiro atoms. The van der Waals surface area contributed by atoms with E-state index in [-0.39, 0.29) is 35.6 Å². The maximum absolute atomic E-state index is 13.2. The van der Waals surface area contributed by atoms with E-state index in [9.17, 15) is 18.3 Å². The van der Waals surface area contributed by atoms with E-state index in [1.807, 2.05) is 0 Å². The van der Waals surface area contributed by atoms with Crippen LogP contribution in [-0.2, 0) is 26.2 Å². The maximum atomic E-state index is 13.2. The number of nitrogens with zero attached hydrogens (tertiary/aromatic N) is 1. The number of sulfonamides is 1. The highest BCUT2D eigenvalue weighted by Crippen LogP contribution is 2.57. The van der Waals surface area contributed by atoms with Gasteiger partial charge in [0.2, 0.25) is 10.0 Å².